The van der Waals surface area contributed by atoms with E-state index in [-0.39, 0.29) is 22.1 Å². The fourth-order valence-electron chi connectivity index (χ4n) is 4.05. The molecule has 0 bridgehead atoms. The lowest BCUT2D eigenvalue weighted by molar-refractivity contribution is -0.132. The zero-order valence-corrected chi connectivity index (χ0v) is 19.5. The van der Waals surface area contributed by atoms with Crippen LogP contribution in [0.15, 0.2) is 66.2 Å². The van der Waals surface area contributed by atoms with Gasteiger partial charge in [0.15, 0.2) is 0 Å². The van der Waals surface area contributed by atoms with Crippen LogP contribution in [0.25, 0.3) is 5.76 Å². The molecular formula is C26H22ClNO6. The largest absolute Gasteiger partial charge is 0.508 e. The average molecular weight is 480 g/mol. The van der Waals surface area contributed by atoms with Gasteiger partial charge >= 0.3 is 0 Å². The van der Waals surface area contributed by atoms with Crippen LogP contribution in [0.1, 0.15) is 22.7 Å². The number of carbonyl (C=O) groups excluding carboxylic acids is 2. The number of hydrogen-bond donors (Lipinski definition) is 2. The van der Waals surface area contributed by atoms with Crippen molar-refractivity contribution in [1.82, 2.24) is 0 Å². The Morgan fingerprint density at radius 3 is 2.26 bits per heavy atom. The molecule has 0 spiro atoms. The standard InChI is InChI=1S/C26H22ClNO6/c1-14-12-18(33-2)9-10-19(14)24(30)22-23(15-4-7-17(29)8-5-15)28(26(32)25(22)31)16-6-11-21(34-3)20(27)13-16/h4-13,23,29-30H,1-3H3/b24-22+. The summed E-state index contributed by atoms with van der Waals surface area (Å²) in [5.74, 6) is -0.919. The number of phenolic OH excluding ortho intramolecular Hbond substituents is 1. The topological polar surface area (TPSA) is 96.3 Å². The molecule has 3 aromatic rings. The molecule has 3 aromatic carbocycles. The van der Waals surface area contributed by atoms with Crippen molar-refractivity contribution in [3.63, 3.8) is 0 Å². The molecule has 7 nitrogen and oxygen atoms in total. The molecule has 8 heteroatoms. The van der Waals surface area contributed by atoms with Gasteiger partial charge in [0.05, 0.1) is 30.9 Å². The van der Waals surface area contributed by atoms with Crippen molar-refractivity contribution in [2.45, 2.75) is 13.0 Å². The number of benzene rings is 3. The van der Waals surface area contributed by atoms with Gasteiger partial charge in [-0.25, -0.2) is 0 Å². The predicted molar refractivity (Wildman–Crippen MR) is 129 cm³/mol. The first-order valence-electron chi connectivity index (χ1n) is 10.3. The highest BCUT2D eigenvalue weighted by Crippen LogP contribution is 2.44. The van der Waals surface area contributed by atoms with E-state index in [0.717, 1.165) is 0 Å². The Morgan fingerprint density at radius 1 is 0.971 bits per heavy atom. The van der Waals surface area contributed by atoms with E-state index in [4.69, 9.17) is 21.1 Å². The van der Waals surface area contributed by atoms with Gasteiger partial charge in [-0.05, 0) is 66.6 Å². The van der Waals surface area contributed by atoms with Crippen molar-refractivity contribution >= 4 is 34.7 Å². The van der Waals surface area contributed by atoms with Crippen molar-refractivity contribution in [3.05, 3.63) is 87.9 Å². The summed E-state index contributed by atoms with van der Waals surface area (Å²) in [5.41, 5.74) is 1.87. The Labute approximate surface area is 201 Å². The SMILES string of the molecule is COc1ccc(/C(O)=C2\C(=O)C(=O)N(c3ccc(OC)c(Cl)c3)C2c2ccc(O)cc2)c(C)c1. The number of halogens is 1. The van der Waals surface area contributed by atoms with Gasteiger partial charge in [0.1, 0.15) is 23.0 Å². The van der Waals surface area contributed by atoms with E-state index < -0.39 is 17.7 Å². The molecule has 1 fully saturated rings. The number of carbonyl (C=O) groups is 2. The second kappa shape index (κ2) is 9.11. The second-order valence-corrected chi connectivity index (χ2v) is 8.17. The van der Waals surface area contributed by atoms with Gasteiger partial charge in [-0.2, -0.15) is 0 Å². The van der Waals surface area contributed by atoms with Gasteiger partial charge in [0.25, 0.3) is 11.7 Å². The quantitative estimate of drug-likeness (QED) is 0.304. The summed E-state index contributed by atoms with van der Waals surface area (Å²) in [4.78, 5) is 27.8. The number of methoxy groups -OCH3 is 2. The van der Waals surface area contributed by atoms with Crippen molar-refractivity contribution in [2.24, 2.45) is 0 Å². The number of ether oxygens (including phenoxy) is 2. The highest BCUT2D eigenvalue weighted by molar-refractivity contribution is 6.51. The Hall–Kier alpha value is -3.97. The van der Waals surface area contributed by atoms with Gasteiger partial charge in [-0.1, -0.05) is 23.7 Å². The van der Waals surface area contributed by atoms with Crippen LogP contribution in [-0.4, -0.2) is 36.1 Å². The van der Waals surface area contributed by atoms with Crippen LogP contribution in [0.2, 0.25) is 5.02 Å². The molecule has 2 N–H and O–H groups in total. The number of Topliss-reactive ketones (excluding diaryl/α,β-unsaturated/α-hetero) is 1. The number of anilines is 1. The molecule has 0 aromatic heterocycles. The van der Waals surface area contributed by atoms with Gasteiger partial charge in [0, 0.05) is 11.3 Å². The maximum absolute atomic E-state index is 13.3. The van der Waals surface area contributed by atoms with E-state index in [2.05, 4.69) is 0 Å². The number of rotatable bonds is 5. The minimum atomic E-state index is -0.952. The number of nitrogens with zero attached hydrogens (tertiary/aromatic N) is 1. The van der Waals surface area contributed by atoms with Crippen LogP contribution in [0, 0.1) is 6.92 Å². The molecule has 0 radical (unpaired) electrons. The summed E-state index contributed by atoms with van der Waals surface area (Å²) in [6.45, 7) is 1.77. The van der Waals surface area contributed by atoms with E-state index in [0.29, 0.717) is 33.9 Å². The van der Waals surface area contributed by atoms with E-state index in [1.165, 1.54) is 37.3 Å². The van der Waals surface area contributed by atoms with Crippen molar-refractivity contribution < 1.29 is 29.3 Å². The van der Waals surface area contributed by atoms with E-state index in [9.17, 15) is 19.8 Å². The maximum atomic E-state index is 13.3. The molecule has 0 saturated carbocycles. The molecule has 1 aliphatic heterocycles. The number of aliphatic hydroxyl groups is 1. The fraction of sp³-hybridized carbons (Fsp3) is 0.154. The van der Waals surface area contributed by atoms with Gasteiger partial charge < -0.3 is 19.7 Å². The summed E-state index contributed by atoms with van der Waals surface area (Å²) in [6.07, 6.45) is 0. The highest BCUT2D eigenvalue weighted by atomic mass is 35.5. The van der Waals surface area contributed by atoms with Crippen LogP contribution < -0.4 is 14.4 Å². The number of hydrogen-bond acceptors (Lipinski definition) is 6. The van der Waals surface area contributed by atoms with Gasteiger partial charge in [-0.15, -0.1) is 0 Å². The van der Waals surface area contributed by atoms with Crippen LogP contribution in [-0.2, 0) is 9.59 Å². The number of aryl methyl sites for hydroxylation is 1. The van der Waals surface area contributed by atoms with Gasteiger partial charge in [0.2, 0.25) is 0 Å². The lowest BCUT2D eigenvalue weighted by Crippen LogP contribution is -2.29. The fourth-order valence-corrected chi connectivity index (χ4v) is 4.30. The highest BCUT2D eigenvalue weighted by Gasteiger charge is 2.47. The second-order valence-electron chi connectivity index (χ2n) is 7.76. The van der Waals surface area contributed by atoms with Crippen molar-refractivity contribution in [1.29, 1.82) is 0 Å². The molecule has 1 heterocycles. The first kappa shape index (κ1) is 23.2. The predicted octanol–water partition coefficient (Wildman–Crippen LogP) is 5.00. The van der Waals surface area contributed by atoms with Gasteiger partial charge in [-0.3, -0.25) is 14.5 Å². The number of amides is 1. The number of aromatic hydroxyl groups is 1. The lowest BCUT2D eigenvalue weighted by Gasteiger charge is -2.26. The van der Waals surface area contributed by atoms with E-state index in [1.54, 1.807) is 49.4 Å². The Balaban J connectivity index is 1.94. The first-order chi connectivity index (χ1) is 16.3. The molecule has 4 rings (SSSR count). The molecule has 1 atom stereocenters. The minimum absolute atomic E-state index is 0.0270. The third-order valence-electron chi connectivity index (χ3n) is 5.76. The Morgan fingerprint density at radius 2 is 1.68 bits per heavy atom. The monoisotopic (exact) mass is 479 g/mol. The summed E-state index contributed by atoms with van der Waals surface area (Å²) in [5, 5.41) is 21.3. The zero-order valence-electron chi connectivity index (χ0n) is 18.7. The van der Waals surface area contributed by atoms with Crippen LogP contribution in [0.4, 0.5) is 5.69 Å². The van der Waals surface area contributed by atoms with Crippen LogP contribution in [0.5, 0.6) is 17.2 Å². The van der Waals surface area contributed by atoms with Crippen molar-refractivity contribution in [3.8, 4) is 17.2 Å². The minimum Gasteiger partial charge on any atom is -0.508 e. The third kappa shape index (κ3) is 3.95. The molecule has 0 aliphatic carbocycles. The normalized spacial score (nSPS) is 17.2. The van der Waals surface area contributed by atoms with E-state index in [1.807, 2.05) is 0 Å². The number of ketones is 1. The first-order valence-corrected chi connectivity index (χ1v) is 10.7. The Bertz CT molecular complexity index is 1320. The lowest BCUT2D eigenvalue weighted by atomic mass is 9.93. The summed E-state index contributed by atoms with van der Waals surface area (Å²) in [6, 6.07) is 14.9. The number of aliphatic hydroxyl groups excluding tert-OH is 1. The molecule has 1 aliphatic rings. The molecule has 174 valence electrons. The molecule has 34 heavy (non-hydrogen) atoms. The zero-order chi connectivity index (χ0) is 24.6. The van der Waals surface area contributed by atoms with Crippen LogP contribution in [0.3, 0.4) is 0 Å². The Kier molecular flexibility index (Phi) is 6.22. The maximum Gasteiger partial charge on any atom is 0.300 e. The molecule has 1 unspecified atom stereocenters. The van der Waals surface area contributed by atoms with Crippen LogP contribution >= 0.6 is 11.6 Å². The molecular weight excluding hydrogens is 458 g/mol. The third-order valence-corrected chi connectivity index (χ3v) is 6.05. The van der Waals surface area contributed by atoms with Crippen molar-refractivity contribution in [2.75, 3.05) is 19.1 Å². The summed E-state index contributed by atoms with van der Waals surface area (Å²) >= 11 is 6.30. The summed E-state index contributed by atoms with van der Waals surface area (Å²) in [7, 11) is 3.01. The smallest absolute Gasteiger partial charge is 0.300 e. The average Bonchev–Trinajstić information content (AvgIpc) is 3.09. The molecule has 1 amide bonds. The molecule has 1 saturated heterocycles. The van der Waals surface area contributed by atoms with E-state index >= 15 is 0 Å². The number of phenols is 1. The summed E-state index contributed by atoms with van der Waals surface area (Å²) < 4.78 is 10.4.